The van der Waals surface area contributed by atoms with Crippen molar-refractivity contribution in [3.8, 4) is 0 Å². The van der Waals surface area contributed by atoms with E-state index in [1.165, 1.54) is 11.1 Å². The highest BCUT2D eigenvalue weighted by Gasteiger charge is 2.32. The Kier molecular flexibility index (Phi) is 11.9. The zero-order valence-electron chi connectivity index (χ0n) is 18.3. The van der Waals surface area contributed by atoms with E-state index in [4.69, 9.17) is 21.4 Å². The Morgan fingerprint density at radius 1 is 1.17 bits per heavy atom. The van der Waals surface area contributed by atoms with E-state index >= 15 is 0 Å². The summed E-state index contributed by atoms with van der Waals surface area (Å²) in [5.41, 5.74) is 2.73. The molecular weight excluding hydrogens is 396 g/mol. The van der Waals surface area contributed by atoms with Crippen molar-refractivity contribution in [3.05, 3.63) is 59.7 Å². The molecule has 1 aromatic rings. The molecule has 1 N–H and O–H groups in total. The number of benzene rings is 1. The molecule has 4 heteroatoms. The van der Waals surface area contributed by atoms with Crippen LogP contribution >= 0.6 is 11.6 Å². The lowest BCUT2D eigenvalue weighted by Gasteiger charge is -2.17. The van der Waals surface area contributed by atoms with Crippen molar-refractivity contribution in [2.45, 2.75) is 70.1 Å². The Bertz CT molecular complexity index is 683. The number of aliphatic carboxylic acids is 1. The summed E-state index contributed by atoms with van der Waals surface area (Å²) < 4.78 is 5.46. The van der Waals surface area contributed by atoms with Gasteiger partial charge in [0.2, 0.25) is 0 Å². The average molecular weight is 433 g/mol. The zero-order valence-corrected chi connectivity index (χ0v) is 19.0. The van der Waals surface area contributed by atoms with E-state index in [0.29, 0.717) is 18.3 Å². The van der Waals surface area contributed by atoms with Gasteiger partial charge in [0.05, 0.1) is 6.61 Å². The minimum Gasteiger partial charge on any atom is -0.481 e. The summed E-state index contributed by atoms with van der Waals surface area (Å²) in [5, 5.41) is 8.93. The topological polar surface area (TPSA) is 46.5 Å². The van der Waals surface area contributed by atoms with Crippen LogP contribution < -0.4 is 0 Å². The number of hydrogen-bond acceptors (Lipinski definition) is 2. The Morgan fingerprint density at radius 2 is 1.97 bits per heavy atom. The minimum absolute atomic E-state index is 0.241. The number of ether oxygens (including phenoxy) is 1. The van der Waals surface area contributed by atoms with Crippen molar-refractivity contribution in [1.29, 1.82) is 0 Å². The number of carboxylic acids is 1. The van der Waals surface area contributed by atoms with Gasteiger partial charge in [0.15, 0.2) is 0 Å². The molecule has 3 atom stereocenters. The molecule has 2 rings (SSSR count). The van der Waals surface area contributed by atoms with Crippen LogP contribution in [-0.2, 0) is 22.4 Å². The normalized spacial score (nSPS) is 21.7. The van der Waals surface area contributed by atoms with Crippen LogP contribution in [0.2, 0.25) is 0 Å². The third kappa shape index (κ3) is 9.49. The van der Waals surface area contributed by atoms with E-state index in [1.807, 2.05) is 6.92 Å². The third-order valence-electron chi connectivity index (χ3n) is 5.84. The number of carbonyl (C=O) groups is 1. The molecule has 1 fully saturated rings. The summed E-state index contributed by atoms with van der Waals surface area (Å²) in [6.07, 6.45) is 17.1. The van der Waals surface area contributed by atoms with Crippen LogP contribution in [-0.4, -0.2) is 29.7 Å². The van der Waals surface area contributed by atoms with Crippen LogP contribution in [0.5, 0.6) is 0 Å². The quantitative estimate of drug-likeness (QED) is 0.205. The number of hydrogen-bond donors (Lipinski definition) is 1. The van der Waals surface area contributed by atoms with Crippen LogP contribution in [0.25, 0.3) is 0 Å². The van der Waals surface area contributed by atoms with Gasteiger partial charge in [-0.05, 0) is 81.3 Å². The fourth-order valence-electron chi connectivity index (χ4n) is 4.15. The molecule has 30 heavy (non-hydrogen) atoms. The van der Waals surface area contributed by atoms with Crippen molar-refractivity contribution in [1.82, 2.24) is 0 Å². The first-order chi connectivity index (χ1) is 14.6. The van der Waals surface area contributed by atoms with Crippen LogP contribution in [0.15, 0.2) is 48.6 Å². The SMILES string of the molecule is CCOCCc1cccc(CC/C=C/C2CCC(Cl)[C@@H]2C/C=C\CCCC(=O)O)c1. The molecule has 0 heterocycles. The number of unbranched alkanes of at least 4 members (excludes halogenated alkanes) is 1. The monoisotopic (exact) mass is 432 g/mol. The highest BCUT2D eigenvalue weighted by atomic mass is 35.5. The predicted molar refractivity (Wildman–Crippen MR) is 125 cm³/mol. The number of rotatable bonds is 14. The van der Waals surface area contributed by atoms with Gasteiger partial charge in [0.25, 0.3) is 0 Å². The number of alkyl halides is 1. The van der Waals surface area contributed by atoms with Crippen LogP contribution in [0.4, 0.5) is 0 Å². The molecule has 1 aliphatic carbocycles. The second-order valence-corrected chi connectivity index (χ2v) is 8.71. The second-order valence-electron chi connectivity index (χ2n) is 8.15. The number of allylic oxidation sites excluding steroid dienone is 4. The van der Waals surface area contributed by atoms with Gasteiger partial charge in [-0.1, -0.05) is 48.6 Å². The van der Waals surface area contributed by atoms with E-state index in [9.17, 15) is 4.79 Å². The molecule has 3 nitrogen and oxygen atoms in total. The van der Waals surface area contributed by atoms with E-state index in [0.717, 1.165) is 58.2 Å². The Labute approximate surface area is 187 Å². The van der Waals surface area contributed by atoms with Crippen LogP contribution in [0, 0.1) is 11.8 Å². The van der Waals surface area contributed by atoms with Gasteiger partial charge in [-0.15, -0.1) is 11.6 Å². The molecule has 0 spiro atoms. The van der Waals surface area contributed by atoms with Gasteiger partial charge in [-0.2, -0.15) is 0 Å². The molecule has 0 aliphatic heterocycles. The van der Waals surface area contributed by atoms with Gasteiger partial charge in [0.1, 0.15) is 0 Å². The number of aryl methyl sites for hydroxylation is 1. The summed E-state index contributed by atoms with van der Waals surface area (Å²) in [5.74, 6) is 0.316. The Balaban J connectivity index is 1.74. The summed E-state index contributed by atoms with van der Waals surface area (Å²) in [6.45, 7) is 3.59. The minimum atomic E-state index is -0.720. The average Bonchev–Trinajstić information content (AvgIpc) is 3.08. The van der Waals surface area contributed by atoms with Crippen molar-refractivity contribution >= 4 is 17.6 Å². The van der Waals surface area contributed by atoms with E-state index in [-0.39, 0.29) is 11.8 Å². The lowest BCUT2D eigenvalue weighted by molar-refractivity contribution is -0.137. The number of carboxylic acid groups (broad SMARTS) is 1. The molecule has 0 amide bonds. The van der Waals surface area contributed by atoms with E-state index in [1.54, 1.807) is 0 Å². The first kappa shape index (κ1) is 24.7. The molecule has 0 aromatic heterocycles. The van der Waals surface area contributed by atoms with Gasteiger partial charge in [-0.3, -0.25) is 4.79 Å². The predicted octanol–water partition coefficient (Wildman–Crippen LogP) is 6.59. The maximum Gasteiger partial charge on any atom is 0.303 e. The highest BCUT2D eigenvalue weighted by Crippen LogP contribution is 2.39. The third-order valence-corrected chi connectivity index (χ3v) is 6.38. The molecule has 166 valence electrons. The molecule has 0 saturated heterocycles. The maximum atomic E-state index is 10.6. The molecular formula is C26H37ClO3. The summed E-state index contributed by atoms with van der Waals surface area (Å²) in [4.78, 5) is 10.6. The first-order valence-electron chi connectivity index (χ1n) is 11.4. The van der Waals surface area contributed by atoms with Crippen molar-refractivity contribution in [2.75, 3.05) is 13.2 Å². The first-order valence-corrected chi connectivity index (χ1v) is 11.9. The second kappa shape index (κ2) is 14.4. The fraction of sp³-hybridized carbons (Fsp3) is 0.577. The lowest BCUT2D eigenvalue weighted by atomic mass is 9.91. The van der Waals surface area contributed by atoms with Gasteiger partial charge >= 0.3 is 5.97 Å². The Hall–Kier alpha value is -1.58. The van der Waals surface area contributed by atoms with Crippen molar-refractivity contribution < 1.29 is 14.6 Å². The van der Waals surface area contributed by atoms with Gasteiger partial charge < -0.3 is 9.84 Å². The summed E-state index contributed by atoms with van der Waals surface area (Å²) in [6, 6.07) is 8.83. The molecule has 1 aliphatic rings. The van der Waals surface area contributed by atoms with Gasteiger partial charge in [-0.25, -0.2) is 0 Å². The van der Waals surface area contributed by atoms with Gasteiger partial charge in [0, 0.05) is 18.4 Å². The standard InChI is InChI=1S/C26H37ClO3/c1-2-30-19-18-22-12-9-11-21(20-22)10-7-8-13-23-16-17-25(27)24(23)14-5-3-4-6-15-26(28)29/h3,5,8-9,11-13,20,23-25H,2,4,6-7,10,14-19H2,1H3,(H,28,29)/b5-3-,13-8+/t23?,24-,25?/m1/s1. The van der Waals surface area contributed by atoms with Crippen LogP contribution in [0.3, 0.4) is 0 Å². The van der Waals surface area contributed by atoms with Crippen LogP contribution in [0.1, 0.15) is 63.0 Å². The Morgan fingerprint density at radius 3 is 2.73 bits per heavy atom. The van der Waals surface area contributed by atoms with Crippen molar-refractivity contribution in [2.24, 2.45) is 11.8 Å². The molecule has 0 bridgehead atoms. The molecule has 2 unspecified atom stereocenters. The molecule has 1 saturated carbocycles. The fourth-order valence-corrected chi connectivity index (χ4v) is 4.56. The largest absolute Gasteiger partial charge is 0.481 e. The highest BCUT2D eigenvalue weighted by molar-refractivity contribution is 6.21. The molecule has 1 aromatic carbocycles. The molecule has 0 radical (unpaired) electrons. The van der Waals surface area contributed by atoms with E-state index in [2.05, 4.69) is 48.6 Å². The zero-order chi connectivity index (χ0) is 21.6. The van der Waals surface area contributed by atoms with Crippen molar-refractivity contribution in [3.63, 3.8) is 0 Å². The lowest BCUT2D eigenvalue weighted by Crippen LogP contribution is -2.12. The summed E-state index contributed by atoms with van der Waals surface area (Å²) >= 11 is 6.58. The number of halogens is 1. The van der Waals surface area contributed by atoms with E-state index < -0.39 is 5.97 Å². The smallest absolute Gasteiger partial charge is 0.303 e. The maximum absolute atomic E-state index is 10.6. The summed E-state index contributed by atoms with van der Waals surface area (Å²) in [7, 11) is 0.